The third-order valence-electron chi connectivity index (χ3n) is 5.36. The zero-order chi connectivity index (χ0) is 23.4. The lowest BCUT2D eigenvalue weighted by Crippen LogP contribution is -2.42. The van der Waals surface area contributed by atoms with Gasteiger partial charge in [-0.15, -0.1) is 0 Å². The normalized spacial score (nSPS) is 17.5. The van der Waals surface area contributed by atoms with Gasteiger partial charge in [-0.3, -0.25) is 14.5 Å². The van der Waals surface area contributed by atoms with E-state index in [2.05, 4.69) is 10.6 Å². The van der Waals surface area contributed by atoms with E-state index in [9.17, 15) is 14.4 Å². The van der Waals surface area contributed by atoms with Crippen LogP contribution in [0.5, 0.6) is 17.2 Å². The maximum atomic E-state index is 13.0. The van der Waals surface area contributed by atoms with Gasteiger partial charge in [-0.25, -0.2) is 4.79 Å². The molecule has 1 atom stereocenters. The van der Waals surface area contributed by atoms with Crippen LogP contribution < -0.4 is 20.1 Å². The molecule has 0 saturated carbocycles. The largest absolute Gasteiger partial charge is 0.497 e. The quantitative estimate of drug-likeness (QED) is 0.538. The fraction of sp³-hybridized carbons (Fsp3) is 0.160. The van der Waals surface area contributed by atoms with Crippen LogP contribution in [0.4, 0.5) is 10.5 Å². The summed E-state index contributed by atoms with van der Waals surface area (Å²) in [6, 6.07) is 22.3. The minimum absolute atomic E-state index is 0.404. The summed E-state index contributed by atoms with van der Waals surface area (Å²) in [6.45, 7) is 1.21. The maximum absolute atomic E-state index is 13.0. The van der Waals surface area contributed by atoms with Crippen molar-refractivity contribution in [2.24, 2.45) is 0 Å². The first-order valence-corrected chi connectivity index (χ1v) is 10.3. The van der Waals surface area contributed by atoms with Gasteiger partial charge in [0.2, 0.25) is 5.91 Å². The first-order valence-electron chi connectivity index (χ1n) is 10.3. The van der Waals surface area contributed by atoms with E-state index in [1.54, 1.807) is 62.6 Å². The van der Waals surface area contributed by atoms with Gasteiger partial charge < -0.3 is 20.1 Å². The van der Waals surface area contributed by atoms with Crippen molar-refractivity contribution in [3.63, 3.8) is 0 Å². The summed E-state index contributed by atoms with van der Waals surface area (Å²) in [5.74, 6) is 0.959. The van der Waals surface area contributed by atoms with Crippen molar-refractivity contribution < 1.29 is 23.9 Å². The minimum atomic E-state index is -1.26. The molecule has 1 aliphatic rings. The van der Waals surface area contributed by atoms with E-state index in [1.165, 1.54) is 0 Å². The van der Waals surface area contributed by atoms with Crippen molar-refractivity contribution in [2.45, 2.75) is 12.5 Å². The maximum Gasteiger partial charge on any atom is 0.325 e. The first-order chi connectivity index (χ1) is 15.9. The molecule has 4 rings (SSSR count). The van der Waals surface area contributed by atoms with E-state index < -0.39 is 29.9 Å². The Labute approximate surface area is 191 Å². The molecular weight excluding hydrogens is 422 g/mol. The van der Waals surface area contributed by atoms with Crippen molar-refractivity contribution in [1.29, 1.82) is 0 Å². The zero-order valence-corrected chi connectivity index (χ0v) is 18.2. The molecule has 1 heterocycles. The number of benzene rings is 3. The van der Waals surface area contributed by atoms with E-state index in [0.717, 1.165) is 4.90 Å². The Bertz CT molecular complexity index is 1160. The summed E-state index contributed by atoms with van der Waals surface area (Å²) < 4.78 is 10.9. The zero-order valence-electron chi connectivity index (χ0n) is 18.2. The topological polar surface area (TPSA) is 97.0 Å². The van der Waals surface area contributed by atoms with Gasteiger partial charge in [0, 0.05) is 5.69 Å². The fourth-order valence-corrected chi connectivity index (χ4v) is 3.54. The number of carbonyl (C=O) groups is 3. The summed E-state index contributed by atoms with van der Waals surface area (Å²) in [6.07, 6.45) is 0. The predicted octanol–water partition coefficient (Wildman–Crippen LogP) is 3.89. The Morgan fingerprint density at radius 1 is 0.909 bits per heavy atom. The van der Waals surface area contributed by atoms with Gasteiger partial charge in [-0.2, -0.15) is 0 Å². The van der Waals surface area contributed by atoms with Crippen LogP contribution in [0.15, 0.2) is 78.9 Å². The number of hydrogen-bond donors (Lipinski definition) is 2. The first kappa shape index (κ1) is 21.9. The van der Waals surface area contributed by atoms with Gasteiger partial charge in [-0.1, -0.05) is 30.3 Å². The van der Waals surface area contributed by atoms with Crippen LogP contribution in [0, 0.1) is 0 Å². The number of urea groups is 1. The number of methoxy groups -OCH3 is 1. The molecule has 0 spiro atoms. The van der Waals surface area contributed by atoms with Gasteiger partial charge in [0.15, 0.2) is 0 Å². The van der Waals surface area contributed by atoms with E-state index >= 15 is 0 Å². The number of nitrogens with zero attached hydrogens (tertiary/aromatic N) is 1. The Morgan fingerprint density at radius 2 is 1.52 bits per heavy atom. The minimum Gasteiger partial charge on any atom is -0.497 e. The number of nitrogens with one attached hydrogen (secondary N) is 2. The second-order valence-corrected chi connectivity index (χ2v) is 7.66. The molecule has 168 valence electrons. The molecule has 8 nitrogen and oxygen atoms in total. The second kappa shape index (κ2) is 9.04. The van der Waals surface area contributed by atoms with Gasteiger partial charge in [0.05, 0.1) is 7.11 Å². The average Bonchev–Trinajstić information content (AvgIpc) is 3.05. The van der Waals surface area contributed by atoms with Crippen LogP contribution in [-0.2, 0) is 15.1 Å². The molecule has 4 amide bonds. The SMILES string of the molecule is COc1ccc(C2(C)NC(=O)N(CC(=O)Nc3ccc(Oc4ccccc4)cc3)C2=O)cc1. The molecule has 33 heavy (non-hydrogen) atoms. The van der Waals surface area contributed by atoms with Crippen LogP contribution in [-0.4, -0.2) is 36.4 Å². The molecule has 1 aliphatic heterocycles. The molecule has 0 radical (unpaired) electrons. The highest BCUT2D eigenvalue weighted by atomic mass is 16.5. The van der Waals surface area contributed by atoms with Crippen molar-refractivity contribution in [2.75, 3.05) is 19.0 Å². The number of para-hydroxylation sites is 1. The number of carbonyl (C=O) groups excluding carboxylic acids is 3. The molecule has 2 N–H and O–H groups in total. The van der Waals surface area contributed by atoms with E-state index in [1.807, 2.05) is 30.3 Å². The van der Waals surface area contributed by atoms with Crippen LogP contribution in [0.25, 0.3) is 0 Å². The highest BCUT2D eigenvalue weighted by Crippen LogP contribution is 2.30. The third-order valence-corrected chi connectivity index (χ3v) is 5.36. The standard InChI is InChI=1S/C25H23N3O5/c1-25(17-8-12-19(32-2)13-9-17)23(30)28(24(31)27-25)16-22(29)26-18-10-14-21(15-11-18)33-20-6-4-3-5-7-20/h3-15H,16H2,1-2H3,(H,26,29)(H,27,31). The molecule has 0 aromatic heterocycles. The molecule has 0 bridgehead atoms. The monoisotopic (exact) mass is 445 g/mol. The Morgan fingerprint density at radius 3 is 2.15 bits per heavy atom. The summed E-state index contributed by atoms with van der Waals surface area (Å²) in [4.78, 5) is 38.9. The second-order valence-electron chi connectivity index (χ2n) is 7.66. The summed E-state index contributed by atoms with van der Waals surface area (Å²) >= 11 is 0. The van der Waals surface area contributed by atoms with Gasteiger partial charge in [0.1, 0.15) is 29.3 Å². The number of amides is 4. The molecule has 0 aliphatic carbocycles. The van der Waals surface area contributed by atoms with Gasteiger partial charge in [-0.05, 0) is 61.0 Å². The lowest BCUT2D eigenvalue weighted by molar-refractivity contribution is -0.133. The van der Waals surface area contributed by atoms with E-state index in [-0.39, 0.29) is 0 Å². The molecule has 3 aromatic carbocycles. The molecule has 1 saturated heterocycles. The molecule has 3 aromatic rings. The lowest BCUT2D eigenvalue weighted by Gasteiger charge is -2.22. The highest BCUT2D eigenvalue weighted by Gasteiger charge is 2.49. The number of hydrogen-bond acceptors (Lipinski definition) is 5. The van der Waals surface area contributed by atoms with E-state index in [0.29, 0.717) is 28.5 Å². The number of imide groups is 1. The van der Waals surface area contributed by atoms with Crippen LogP contribution >= 0.6 is 0 Å². The third kappa shape index (κ3) is 4.64. The Hall–Kier alpha value is -4.33. The summed E-state index contributed by atoms with van der Waals surface area (Å²) in [5.41, 5.74) is -0.149. The number of rotatable bonds is 7. The average molecular weight is 445 g/mol. The fourth-order valence-electron chi connectivity index (χ4n) is 3.54. The molecular formula is C25H23N3O5. The van der Waals surface area contributed by atoms with Crippen LogP contribution in [0.3, 0.4) is 0 Å². The van der Waals surface area contributed by atoms with Crippen LogP contribution in [0.2, 0.25) is 0 Å². The van der Waals surface area contributed by atoms with Crippen LogP contribution in [0.1, 0.15) is 12.5 Å². The van der Waals surface area contributed by atoms with Crippen molar-refractivity contribution >= 4 is 23.5 Å². The van der Waals surface area contributed by atoms with E-state index in [4.69, 9.17) is 9.47 Å². The van der Waals surface area contributed by atoms with Crippen molar-refractivity contribution in [3.8, 4) is 17.2 Å². The molecule has 1 unspecified atom stereocenters. The summed E-state index contributed by atoms with van der Waals surface area (Å²) in [7, 11) is 1.55. The van der Waals surface area contributed by atoms with Crippen molar-refractivity contribution in [1.82, 2.24) is 10.2 Å². The molecule has 1 fully saturated rings. The number of ether oxygens (including phenoxy) is 2. The van der Waals surface area contributed by atoms with Gasteiger partial charge in [0.25, 0.3) is 5.91 Å². The smallest absolute Gasteiger partial charge is 0.325 e. The van der Waals surface area contributed by atoms with Gasteiger partial charge >= 0.3 is 6.03 Å². The Balaban J connectivity index is 1.38. The number of anilines is 1. The predicted molar refractivity (Wildman–Crippen MR) is 122 cm³/mol. The summed E-state index contributed by atoms with van der Waals surface area (Å²) in [5, 5.41) is 5.38. The highest BCUT2D eigenvalue weighted by molar-refractivity contribution is 6.10. The molecule has 8 heteroatoms. The van der Waals surface area contributed by atoms with Crippen molar-refractivity contribution in [3.05, 3.63) is 84.4 Å². The lowest BCUT2D eigenvalue weighted by atomic mass is 9.92. The Kier molecular flexibility index (Phi) is 5.99.